The first-order valence-electron chi connectivity index (χ1n) is 6.34. The molecular formula is C12H23N5O. The van der Waals surface area contributed by atoms with Gasteiger partial charge in [-0.25, -0.2) is 0 Å². The summed E-state index contributed by atoms with van der Waals surface area (Å²) in [5, 5.41) is 10.8. The van der Waals surface area contributed by atoms with E-state index in [9.17, 15) is 4.79 Å². The lowest BCUT2D eigenvalue weighted by Gasteiger charge is -2.16. The maximum atomic E-state index is 11.7. The highest BCUT2D eigenvalue weighted by atomic mass is 16.1. The van der Waals surface area contributed by atoms with Gasteiger partial charge in [0.05, 0.1) is 0 Å². The van der Waals surface area contributed by atoms with Gasteiger partial charge >= 0.3 is 0 Å². The lowest BCUT2D eigenvalue weighted by molar-refractivity contribution is -0.124. The average molecular weight is 253 g/mol. The first-order valence-corrected chi connectivity index (χ1v) is 6.34. The van der Waals surface area contributed by atoms with Crippen molar-refractivity contribution in [3.05, 3.63) is 12.2 Å². The van der Waals surface area contributed by atoms with Gasteiger partial charge in [-0.05, 0) is 6.92 Å². The fourth-order valence-electron chi connectivity index (χ4n) is 1.58. The predicted molar refractivity (Wildman–Crippen MR) is 69.9 cm³/mol. The number of hydrogen-bond acceptors (Lipinski definition) is 4. The van der Waals surface area contributed by atoms with Gasteiger partial charge in [-0.2, -0.15) is 0 Å². The van der Waals surface area contributed by atoms with E-state index in [1.165, 1.54) is 0 Å². The standard InChI is InChI=1S/C12H23N5O/c1-8(2)11-16-15-7-17(11)6-5-14-12(18)9(3)10(4)13/h7-10H,5-6,13H2,1-4H3,(H,14,18). The summed E-state index contributed by atoms with van der Waals surface area (Å²) in [4.78, 5) is 11.7. The molecule has 0 bridgehead atoms. The maximum Gasteiger partial charge on any atom is 0.224 e. The van der Waals surface area contributed by atoms with Crippen molar-refractivity contribution in [1.29, 1.82) is 0 Å². The van der Waals surface area contributed by atoms with E-state index < -0.39 is 0 Å². The zero-order valence-corrected chi connectivity index (χ0v) is 11.6. The minimum atomic E-state index is -0.171. The van der Waals surface area contributed by atoms with Crippen LogP contribution < -0.4 is 11.1 Å². The summed E-state index contributed by atoms with van der Waals surface area (Å²) in [6.07, 6.45) is 1.69. The number of nitrogens with one attached hydrogen (secondary N) is 1. The van der Waals surface area contributed by atoms with Gasteiger partial charge in [-0.1, -0.05) is 20.8 Å². The van der Waals surface area contributed by atoms with Crippen molar-refractivity contribution in [3.8, 4) is 0 Å². The highest BCUT2D eigenvalue weighted by Crippen LogP contribution is 2.09. The van der Waals surface area contributed by atoms with Crippen LogP contribution in [0, 0.1) is 5.92 Å². The van der Waals surface area contributed by atoms with Gasteiger partial charge in [-0.3, -0.25) is 4.79 Å². The van der Waals surface area contributed by atoms with Crippen molar-refractivity contribution in [2.45, 2.75) is 46.2 Å². The molecule has 0 saturated heterocycles. The highest BCUT2D eigenvalue weighted by Gasteiger charge is 2.16. The summed E-state index contributed by atoms with van der Waals surface area (Å²) in [5.74, 6) is 1.08. The van der Waals surface area contributed by atoms with E-state index >= 15 is 0 Å². The first kappa shape index (κ1) is 14.6. The Morgan fingerprint density at radius 1 is 1.44 bits per heavy atom. The SMILES string of the molecule is CC(C)c1nncn1CCNC(=O)C(C)C(C)N. The molecule has 3 N–H and O–H groups in total. The Hall–Kier alpha value is -1.43. The third kappa shape index (κ3) is 3.80. The third-order valence-corrected chi connectivity index (χ3v) is 3.02. The van der Waals surface area contributed by atoms with Crippen LogP contribution in [0.1, 0.15) is 39.4 Å². The van der Waals surface area contributed by atoms with E-state index in [2.05, 4.69) is 29.4 Å². The molecule has 102 valence electrons. The van der Waals surface area contributed by atoms with E-state index in [1.807, 2.05) is 18.4 Å². The maximum absolute atomic E-state index is 11.7. The van der Waals surface area contributed by atoms with Gasteiger partial charge < -0.3 is 15.6 Å². The number of nitrogens with zero attached hydrogens (tertiary/aromatic N) is 3. The van der Waals surface area contributed by atoms with Crippen LogP contribution in [0.3, 0.4) is 0 Å². The number of amides is 1. The zero-order chi connectivity index (χ0) is 13.7. The van der Waals surface area contributed by atoms with E-state index in [1.54, 1.807) is 6.33 Å². The molecule has 18 heavy (non-hydrogen) atoms. The van der Waals surface area contributed by atoms with Crippen molar-refractivity contribution in [2.75, 3.05) is 6.54 Å². The quantitative estimate of drug-likeness (QED) is 0.773. The Kier molecular flexibility index (Phi) is 5.27. The topological polar surface area (TPSA) is 85.8 Å². The van der Waals surface area contributed by atoms with E-state index in [4.69, 9.17) is 5.73 Å². The second kappa shape index (κ2) is 6.49. The molecule has 0 radical (unpaired) electrons. The van der Waals surface area contributed by atoms with E-state index in [0.717, 1.165) is 5.82 Å². The minimum Gasteiger partial charge on any atom is -0.354 e. The molecule has 6 nitrogen and oxygen atoms in total. The molecule has 2 unspecified atom stereocenters. The molecule has 0 aromatic carbocycles. The monoisotopic (exact) mass is 253 g/mol. The molecule has 6 heteroatoms. The Morgan fingerprint density at radius 3 is 2.67 bits per heavy atom. The lowest BCUT2D eigenvalue weighted by atomic mass is 10.0. The van der Waals surface area contributed by atoms with Crippen LogP contribution in [0.15, 0.2) is 6.33 Å². The van der Waals surface area contributed by atoms with Gasteiger partial charge in [0.25, 0.3) is 0 Å². The second-order valence-electron chi connectivity index (χ2n) is 4.98. The van der Waals surface area contributed by atoms with Gasteiger partial charge in [-0.15, -0.1) is 10.2 Å². The minimum absolute atomic E-state index is 0.0100. The van der Waals surface area contributed by atoms with Crippen LogP contribution in [0.2, 0.25) is 0 Å². The summed E-state index contributed by atoms with van der Waals surface area (Å²) in [6, 6.07) is -0.133. The van der Waals surface area contributed by atoms with Crippen molar-refractivity contribution in [2.24, 2.45) is 11.7 Å². The summed E-state index contributed by atoms with van der Waals surface area (Å²) < 4.78 is 1.96. The molecule has 0 spiro atoms. The number of hydrogen-bond donors (Lipinski definition) is 2. The predicted octanol–water partition coefficient (Wildman–Crippen LogP) is 0.501. The molecule has 1 aromatic heterocycles. The van der Waals surface area contributed by atoms with Crippen molar-refractivity contribution >= 4 is 5.91 Å². The summed E-state index contributed by atoms with van der Waals surface area (Å²) in [5.41, 5.74) is 5.68. The normalized spacial score (nSPS) is 14.6. The van der Waals surface area contributed by atoms with Crippen molar-refractivity contribution in [3.63, 3.8) is 0 Å². The molecule has 0 fully saturated rings. The molecule has 0 aliphatic heterocycles. The Balaban J connectivity index is 2.42. The molecule has 2 atom stereocenters. The van der Waals surface area contributed by atoms with Crippen LogP contribution >= 0.6 is 0 Å². The zero-order valence-electron chi connectivity index (χ0n) is 11.6. The molecule has 1 rings (SSSR count). The summed E-state index contributed by atoms with van der Waals surface area (Å²) in [6.45, 7) is 9.04. The lowest BCUT2D eigenvalue weighted by Crippen LogP contribution is -2.39. The van der Waals surface area contributed by atoms with Crippen LogP contribution in [-0.4, -0.2) is 33.3 Å². The smallest absolute Gasteiger partial charge is 0.224 e. The van der Waals surface area contributed by atoms with Crippen LogP contribution in [0.5, 0.6) is 0 Å². The molecule has 0 aliphatic carbocycles. The molecule has 0 saturated carbocycles. The first-order chi connectivity index (χ1) is 8.43. The number of nitrogens with two attached hydrogens (primary N) is 1. The Bertz CT molecular complexity index is 386. The fourth-order valence-corrected chi connectivity index (χ4v) is 1.58. The third-order valence-electron chi connectivity index (χ3n) is 3.02. The van der Waals surface area contributed by atoms with Crippen LogP contribution in [0.4, 0.5) is 0 Å². The van der Waals surface area contributed by atoms with Crippen LogP contribution in [-0.2, 0) is 11.3 Å². The molecule has 1 heterocycles. The molecule has 1 amide bonds. The summed E-state index contributed by atoms with van der Waals surface area (Å²) in [7, 11) is 0. The van der Waals surface area contributed by atoms with Gasteiger partial charge in [0, 0.05) is 31.0 Å². The molecular weight excluding hydrogens is 230 g/mol. The average Bonchev–Trinajstić information content (AvgIpc) is 2.76. The molecule has 1 aromatic rings. The number of carbonyl (C=O) groups is 1. The van der Waals surface area contributed by atoms with Gasteiger partial charge in [0.2, 0.25) is 5.91 Å². The van der Waals surface area contributed by atoms with Crippen molar-refractivity contribution in [1.82, 2.24) is 20.1 Å². The Labute approximate surface area is 108 Å². The number of aromatic nitrogens is 3. The van der Waals surface area contributed by atoms with Gasteiger partial charge in [0.15, 0.2) is 0 Å². The number of carbonyl (C=O) groups excluding carboxylic acids is 1. The molecule has 0 aliphatic rings. The largest absolute Gasteiger partial charge is 0.354 e. The number of rotatable bonds is 6. The van der Waals surface area contributed by atoms with Gasteiger partial charge in [0.1, 0.15) is 12.2 Å². The Morgan fingerprint density at radius 2 is 2.11 bits per heavy atom. The van der Waals surface area contributed by atoms with Crippen molar-refractivity contribution < 1.29 is 4.79 Å². The van der Waals surface area contributed by atoms with E-state index in [-0.39, 0.29) is 17.9 Å². The van der Waals surface area contributed by atoms with E-state index in [0.29, 0.717) is 19.0 Å². The summed E-state index contributed by atoms with van der Waals surface area (Å²) >= 11 is 0. The second-order valence-corrected chi connectivity index (χ2v) is 4.98. The fraction of sp³-hybridized carbons (Fsp3) is 0.750. The van der Waals surface area contributed by atoms with Crippen LogP contribution in [0.25, 0.3) is 0 Å². The highest BCUT2D eigenvalue weighted by molar-refractivity contribution is 5.78.